The molecule has 1 aliphatic carbocycles. The number of carbonyl (C=O) groups is 2. The molecule has 6 heteroatoms. The van der Waals surface area contributed by atoms with E-state index >= 15 is 0 Å². The summed E-state index contributed by atoms with van der Waals surface area (Å²) in [5, 5.41) is 12.6. The second kappa shape index (κ2) is 4.53. The van der Waals surface area contributed by atoms with Gasteiger partial charge < -0.3 is 15.3 Å². The molecule has 0 saturated carbocycles. The van der Waals surface area contributed by atoms with Gasteiger partial charge in [-0.3, -0.25) is 14.4 Å². The molecule has 1 atom stereocenters. The third kappa shape index (κ3) is 1.87. The number of ketones is 2. The van der Waals surface area contributed by atoms with Crippen LogP contribution < -0.4 is 5.56 Å². The lowest BCUT2D eigenvalue weighted by atomic mass is 9.81. The number of hydrogen-bond donors (Lipinski definition) is 1. The van der Waals surface area contributed by atoms with E-state index in [1.54, 1.807) is 13.0 Å². The first kappa shape index (κ1) is 13.5. The summed E-state index contributed by atoms with van der Waals surface area (Å²) in [6, 6.07) is 0.0805. The number of allylic oxidation sites excluding steroid dienone is 2. The van der Waals surface area contributed by atoms with Crippen molar-refractivity contribution < 1.29 is 9.59 Å². The lowest BCUT2D eigenvalue weighted by Crippen LogP contribution is -2.45. The number of fused-ring (bicyclic) bond motifs is 2. The summed E-state index contributed by atoms with van der Waals surface area (Å²) in [6.07, 6.45) is 3.51. The molecule has 1 N–H and O–H groups in total. The molecule has 0 aromatic carbocycles. The fourth-order valence-electron chi connectivity index (χ4n) is 2.78. The Balaban J connectivity index is 2.27. The number of aryl methyl sites for hydroxylation is 1. The van der Waals surface area contributed by atoms with Crippen molar-refractivity contribution in [3.63, 3.8) is 0 Å². The second-order valence-electron chi connectivity index (χ2n) is 5.18. The molecule has 2 aliphatic rings. The molecule has 0 spiro atoms. The first-order valence-electron chi connectivity index (χ1n) is 6.64. The van der Waals surface area contributed by atoms with Gasteiger partial charge in [0.25, 0.3) is 0 Å². The standard InChI is InChI=1S/C15H13N2O4/c1-3-8-5-9-13(17(21)6-8)15(20)12-11(14(9)19)7(2)4-10(18)16-12/h4-6,13H,3H2,1-2H3,(H,16,18)/q-1. The first-order valence-corrected chi connectivity index (χ1v) is 6.64. The van der Waals surface area contributed by atoms with Crippen molar-refractivity contribution in [3.8, 4) is 0 Å². The number of nitrogens with zero attached hydrogens (tertiary/aromatic N) is 1. The van der Waals surface area contributed by atoms with Crippen LogP contribution in [0.4, 0.5) is 0 Å². The highest BCUT2D eigenvalue weighted by atomic mass is 16.5. The van der Waals surface area contributed by atoms with Gasteiger partial charge in [-0.05, 0) is 36.8 Å². The van der Waals surface area contributed by atoms with Gasteiger partial charge in [0.2, 0.25) is 11.3 Å². The highest BCUT2D eigenvalue weighted by Crippen LogP contribution is 2.32. The predicted molar refractivity (Wildman–Crippen MR) is 75.9 cm³/mol. The van der Waals surface area contributed by atoms with Crippen LogP contribution in [-0.4, -0.2) is 27.7 Å². The third-order valence-corrected chi connectivity index (χ3v) is 3.82. The Bertz CT molecular complexity index is 785. The summed E-state index contributed by atoms with van der Waals surface area (Å²) in [7, 11) is 0. The number of hydroxylamine groups is 2. The van der Waals surface area contributed by atoms with E-state index in [2.05, 4.69) is 4.98 Å². The van der Waals surface area contributed by atoms with Crippen LogP contribution >= 0.6 is 0 Å². The van der Waals surface area contributed by atoms with Crippen molar-refractivity contribution >= 4 is 11.6 Å². The maximum Gasteiger partial charge on any atom is 0.248 e. The maximum atomic E-state index is 12.6. The molecule has 0 amide bonds. The van der Waals surface area contributed by atoms with Crippen LogP contribution in [0.1, 0.15) is 39.8 Å². The zero-order valence-electron chi connectivity index (χ0n) is 11.6. The Labute approximate surface area is 120 Å². The van der Waals surface area contributed by atoms with Crippen molar-refractivity contribution in [3.05, 3.63) is 61.9 Å². The van der Waals surface area contributed by atoms with Gasteiger partial charge in [0.05, 0.1) is 11.3 Å². The number of aromatic nitrogens is 1. The molecule has 6 nitrogen and oxygen atoms in total. The number of aromatic amines is 1. The molecule has 0 saturated heterocycles. The van der Waals surface area contributed by atoms with Gasteiger partial charge in [-0.15, -0.1) is 0 Å². The number of rotatable bonds is 1. The van der Waals surface area contributed by atoms with Gasteiger partial charge in [0.15, 0.2) is 5.78 Å². The van der Waals surface area contributed by atoms with Crippen molar-refractivity contribution in [2.75, 3.05) is 0 Å². The number of pyridine rings is 1. The quantitative estimate of drug-likeness (QED) is 0.843. The number of H-pyrrole nitrogens is 1. The molecule has 108 valence electrons. The van der Waals surface area contributed by atoms with Gasteiger partial charge in [-0.2, -0.15) is 0 Å². The van der Waals surface area contributed by atoms with E-state index in [0.29, 0.717) is 22.6 Å². The van der Waals surface area contributed by atoms with Crippen LogP contribution in [0, 0.1) is 12.1 Å². The van der Waals surface area contributed by atoms with Gasteiger partial charge in [-0.25, -0.2) is 0 Å². The third-order valence-electron chi connectivity index (χ3n) is 3.82. The van der Waals surface area contributed by atoms with Gasteiger partial charge in [0, 0.05) is 11.6 Å². The summed E-state index contributed by atoms with van der Waals surface area (Å²) in [4.78, 5) is 39.0. The highest BCUT2D eigenvalue weighted by Gasteiger charge is 2.40. The van der Waals surface area contributed by atoms with Crippen LogP contribution in [0.15, 0.2) is 34.3 Å². The monoisotopic (exact) mass is 285 g/mol. The summed E-state index contributed by atoms with van der Waals surface area (Å²) >= 11 is 0. The van der Waals surface area contributed by atoms with E-state index in [9.17, 15) is 19.6 Å². The molecule has 1 unspecified atom stereocenters. The second-order valence-corrected chi connectivity index (χ2v) is 5.18. The van der Waals surface area contributed by atoms with Gasteiger partial charge in [-0.1, -0.05) is 6.92 Å². The van der Waals surface area contributed by atoms with E-state index < -0.39 is 17.4 Å². The summed E-state index contributed by atoms with van der Waals surface area (Å²) in [5.74, 6) is -0.915. The first-order chi connectivity index (χ1) is 9.93. The molecule has 1 aliphatic heterocycles. The molecule has 21 heavy (non-hydrogen) atoms. The Morgan fingerprint density at radius 1 is 1.33 bits per heavy atom. The molecule has 1 aromatic rings. The lowest BCUT2D eigenvalue weighted by Gasteiger charge is -2.41. The van der Waals surface area contributed by atoms with Crippen molar-refractivity contribution in [1.82, 2.24) is 10.0 Å². The Kier molecular flexibility index (Phi) is 2.91. The van der Waals surface area contributed by atoms with E-state index in [-0.39, 0.29) is 22.6 Å². The van der Waals surface area contributed by atoms with Crippen molar-refractivity contribution in [2.45, 2.75) is 26.3 Å². The minimum Gasteiger partial charge on any atom is -0.758 e. The summed E-state index contributed by atoms with van der Waals surface area (Å²) < 4.78 is 0. The molecular weight excluding hydrogens is 272 g/mol. The Morgan fingerprint density at radius 3 is 2.71 bits per heavy atom. The van der Waals surface area contributed by atoms with Crippen LogP contribution in [0.25, 0.3) is 0 Å². The van der Waals surface area contributed by atoms with E-state index in [1.165, 1.54) is 12.3 Å². The van der Waals surface area contributed by atoms with Crippen LogP contribution in [0.2, 0.25) is 0 Å². The number of hydrogen-bond acceptors (Lipinski definition) is 5. The minimum atomic E-state index is -1.20. The topological polar surface area (TPSA) is 93.3 Å². The number of carbonyl (C=O) groups excluding carboxylic acids is 2. The van der Waals surface area contributed by atoms with Crippen LogP contribution in [0.3, 0.4) is 0 Å². The van der Waals surface area contributed by atoms with Gasteiger partial charge >= 0.3 is 0 Å². The van der Waals surface area contributed by atoms with Crippen LogP contribution in [-0.2, 0) is 0 Å². The van der Waals surface area contributed by atoms with E-state index in [1.807, 2.05) is 6.92 Å². The summed E-state index contributed by atoms with van der Waals surface area (Å²) in [5.41, 5.74) is 0.975. The lowest BCUT2D eigenvalue weighted by molar-refractivity contribution is 0.0859. The highest BCUT2D eigenvalue weighted by molar-refractivity contribution is 6.25. The zero-order chi connectivity index (χ0) is 15.3. The van der Waals surface area contributed by atoms with E-state index in [0.717, 1.165) is 0 Å². The number of Topliss-reactive ketones (excluding diaryl/α,β-unsaturated/α-hetero) is 2. The molecular formula is C15H13N2O4-. The fraction of sp³-hybridized carbons (Fsp3) is 0.267. The smallest absolute Gasteiger partial charge is 0.248 e. The van der Waals surface area contributed by atoms with Crippen molar-refractivity contribution in [2.24, 2.45) is 0 Å². The maximum absolute atomic E-state index is 12.6. The molecule has 1 aromatic heterocycles. The largest absolute Gasteiger partial charge is 0.758 e. The zero-order valence-corrected chi connectivity index (χ0v) is 11.6. The van der Waals surface area contributed by atoms with E-state index in [4.69, 9.17) is 0 Å². The average molecular weight is 285 g/mol. The molecule has 0 bridgehead atoms. The Hall–Kier alpha value is -2.47. The molecule has 0 fully saturated rings. The normalized spacial score (nSPS) is 20.7. The van der Waals surface area contributed by atoms with Crippen molar-refractivity contribution in [1.29, 1.82) is 0 Å². The average Bonchev–Trinajstić information content (AvgIpc) is 2.43. The minimum absolute atomic E-state index is 0.0682. The number of nitrogens with one attached hydrogen (secondary N) is 1. The predicted octanol–water partition coefficient (Wildman–Crippen LogP) is 1.46. The fourth-order valence-corrected chi connectivity index (χ4v) is 2.78. The SMILES string of the molecule is CCC1=CN([O-])C2C(=O)c3[nH]c(=O)cc(C)c3C(=O)C2=C1. The Morgan fingerprint density at radius 2 is 2.05 bits per heavy atom. The van der Waals surface area contributed by atoms with Crippen LogP contribution in [0.5, 0.6) is 0 Å². The molecule has 3 rings (SSSR count). The van der Waals surface area contributed by atoms with Gasteiger partial charge in [0.1, 0.15) is 6.04 Å². The summed E-state index contributed by atoms with van der Waals surface area (Å²) in [6.45, 7) is 3.47. The molecule has 2 heterocycles. The molecule has 0 radical (unpaired) electrons.